The van der Waals surface area contributed by atoms with E-state index in [2.05, 4.69) is 40.0 Å². The normalized spacial score (nSPS) is 15.2. The largest absolute Gasteiger partial charge is 0.459 e. The van der Waals surface area contributed by atoms with E-state index in [0.29, 0.717) is 0 Å². The van der Waals surface area contributed by atoms with Crippen molar-refractivity contribution in [1.82, 2.24) is 9.88 Å². The number of halogens is 1. The number of amides is 1. The molecule has 8 heteroatoms. The van der Waals surface area contributed by atoms with Gasteiger partial charge in [0.1, 0.15) is 10.8 Å². The van der Waals surface area contributed by atoms with E-state index in [4.69, 9.17) is 4.42 Å². The highest BCUT2D eigenvalue weighted by Gasteiger charge is 2.32. The number of benzene rings is 1. The number of piperazine rings is 1. The number of thiophene rings is 1. The Hall–Kier alpha value is -3.49. The van der Waals surface area contributed by atoms with Gasteiger partial charge in [0.15, 0.2) is 5.76 Å². The fourth-order valence-corrected chi connectivity index (χ4v) is 5.71. The Balaban J connectivity index is 1.46. The molecule has 35 heavy (non-hydrogen) atoms. The zero-order chi connectivity index (χ0) is 24.4. The molecule has 0 unspecified atom stereocenters. The lowest BCUT2D eigenvalue weighted by Crippen LogP contribution is -2.48. The minimum absolute atomic E-state index is 0.0593. The van der Waals surface area contributed by atoms with Crippen molar-refractivity contribution in [3.8, 4) is 0 Å². The Morgan fingerprint density at radius 2 is 1.86 bits per heavy atom. The lowest BCUT2D eigenvalue weighted by atomic mass is 9.95. The smallest absolute Gasteiger partial charge is 0.291 e. The number of carbonyl (C=O) groups excluding carboxylic acids is 1. The van der Waals surface area contributed by atoms with Gasteiger partial charge in [0.2, 0.25) is 0 Å². The minimum Gasteiger partial charge on any atom is -0.459 e. The maximum atomic E-state index is 13.4. The molecular weight excluding hydrogens is 463 g/mol. The number of aryl methyl sites for hydroxylation is 1. The molecule has 1 aliphatic rings. The molecule has 0 bridgehead atoms. The first-order valence-corrected chi connectivity index (χ1v) is 12.4. The second-order valence-electron chi connectivity index (χ2n) is 8.65. The van der Waals surface area contributed by atoms with Crippen LogP contribution in [-0.2, 0) is 0 Å². The van der Waals surface area contributed by atoms with Gasteiger partial charge in [-0.15, -0.1) is 11.3 Å². The van der Waals surface area contributed by atoms with Crippen molar-refractivity contribution >= 4 is 27.9 Å². The number of rotatable bonds is 6. The molecule has 180 valence electrons. The van der Waals surface area contributed by atoms with E-state index in [1.54, 1.807) is 29.7 Å². The van der Waals surface area contributed by atoms with Gasteiger partial charge < -0.3 is 14.6 Å². The number of hydrogen-bond donors (Lipinski definition) is 1. The summed E-state index contributed by atoms with van der Waals surface area (Å²) in [5.74, 6) is -0.203. The summed E-state index contributed by atoms with van der Waals surface area (Å²) in [6.07, 6.45) is 5.18. The molecule has 0 saturated carbocycles. The number of hydrogen-bond acceptors (Lipinski definition) is 6. The van der Waals surface area contributed by atoms with Crippen LogP contribution in [0.25, 0.3) is 0 Å². The first-order chi connectivity index (χ1) is 17.0. The fourth-order valence-electron chi connectivity index (χ4n) is 4.63. The molecule has 0 aliphatic carbocycles. The number of aromatic nitrogens is 1. The first kappa shape index (κ1) is 23.3. The van der Waals surface area contributed by atoms with Gasteiger partial charge >= 0.3 is 0 Å². The van der Waals surface area contributed by atoms with Crippen LogP contribution in [0.15, 0.2) is 71.6 Å². The van der Waals surface area contributed by atoms with Gasteiger partial charge in [0.25, 0.3) is 5.91 Å². The van der Waals surface area contributed by atoms with Crippen LogP contribution < -0.4 is 10.2 Å². The Kier molecular flexibility index (Phi) is 6.66. The summed E-state index contributed by atoms with van der Waals surface area (Å²) in [5.41, 5.74) is 4.37. The highest BCUT2D eigenvalue weighted by atomic mass is 32.1. The average molecular weight is 491 g/mol. The second kappa shape index (κ2) is 10.0. The quantitative estimate of drug-likeness (QED) is 0.378. The number of carbonyl (C=O) groups is 1. The van der Waals surface area contributed by atoms with E-state index in [0.717, 1.165) is 52.9 Å². The van der Waals surface area contributed by atoms with Gasteiger partial charge in [-0.2, -0.15) is 0 Å². The highest BCUT2D eigenvalue weighted by molar-refractivity contribution is 7.16. The van der Waals surface area contributed by atoms with Gasteiger partial charge in [0, 0.05) is 54.7 Å². The highest BCUT2D eigenvalue weighted by Crippen LogP contribution is 2.42. The summed E-state index contributed by atoms with van der Waals surface area (Å²) in [6.45, 7) is 7.46. The van der Waals surface area contributed by atoms with Crippen molar-refractivity contribution in [1.29, 1.82) is 0 Å². The SMILES string of the molecule is Cc1sc(NC(=O)c2ccco2)c([C@@H](c2cccnc2)N2CCN(c3ccc(F)cc3)CC2)c1C. The van der Waals surface area contributed by atoms with Crippen LogP contribution in [0.4, 0.5) is 15.1 Å². The summed E-state index contributed by atoms with van der Waals surface area (Å²) in [6, 6.07) is 14.0. The molecule has 1 amide bonds. The van der Waals surface area contributed by atoms with E-state index < -0.39 is 0 Å². The number of nitrogens with zero attached hydrogens (tertiary/aromatic N) is 3. The summed E-state index contributed by atoms with van der Waals surface area (Å²) in [4.78, 5) is 23.1. The van der Waals surface area contributed by atoms with E-state index in [1.165, 1.54) is 24.0 Å². The maximum absolute atomic E-state index is 13.4. The van der Waals surface area contributed by atoms with E-state index in [9.17, 15) is 9.18 Å². The molecule has 3 aromatic heterocycles. The Labute approximate surface area is 208 Å². The van der Waals surface area contributed by atoms with Crippen molar-refractivity contribution in [2.45, 2.75) is 19.9 Å². The van der Waals surface area contributed by atoms with E-state index in [1.807, 2.05) is 24.4 Å². The Morgan fingerprint density at radius 1 is 1.09 bits per heavy atom. The molecule has 6 nitrogen and oxygen atoms in total. The van der Waals surface area contributed by atoms with Gasteiger partial charge in [0.05, 0.1) is 12.3 Å². The summed E-state index contributed by atoms with van der Waals surface area (Å²) < 4.78 is 18.7. The number of nitrogens with one attached hydrogen (secondary N) is 1. The van der Waals surface area contributed by atoms with Crippen LogP contribution in [-0.4, -0.2) is 42.0 Å². The topological polar surface area (TPSA) is 61.6 Å². The zero-order valence-corrected chi connectivity index (χ0v) is 20.5. The Bertz CT molecular complexity index is 1280. The second-order valence-corrected chi connectivity index (χ2v) is 9.87. The monoisotopic (exact) mass is 490 g/mol. The lowest BCUT2D eigenvalue weighted by molar-refractivity contribution is 0.0996. The van der Waals surface area contributed by atoms with E-state index >= 15 is 0 Å². The van der Waals surface area contributed by atoms with Crippen LogP contribution in [0.2, 0.25) is 0 Å². The van der Waals surface area contributed by atoms with E-state index in [-0.39, 0.29) is 23.5 Å². The number of anilines is 2. The third-order valence-corrected chi connectivity index (χ3v) is 7.69. The summed E-state index contributed by atoms with van der Waals surface area (Å²) in [7, 11) is 0. The molecule has 0 radical (unpaired) electrons. The van der Waals surface area contributed by atoms with Gasteiger partial charge in [-0.1, -0.05) is 6.07 Å². The molecule has 1 aliphatic heterocycles. The van der Waals surface area contributed by atoms with Crippen molar-refractivity contribution < 1.29 is 13.6 Å². The first-order valence-electron chi connectivity index (χ1n) is 11.6. The van der Waals surface area contributed by atoms with Gasteiger partial charge in [-0.25, -0.2) is 4.39 Å². The maximum Gasteiger partial charge on any atom is 0.291 e. The molecular formula is C27H27FN4O2S. The fraction of sp³-hybridized carbons (Fsp3) is 0.259. The number of pyridine rings is 1. The summed E-state index contributed by atoms with van der Waals surface area (Å²) in [5, 5.41) is 3.93. The standard InChI is InChI=1S/C27H27FN4O2S/c1-18-19(2)35-27(30-26(33)23-6-4-16-34-23)24(18)25(20-5-3-11-29-17-20)32-14-12-31(13-15-32)22-9-7-21(28)8-10-22/h3-11,16-17,25H,12-15H2,1-2H3,(H,30,33)/t25-/m1/s1. The van der Waals surface area contributed by atoms with Crippen LogP contribution in [0.3, 0.4) is 0 Å². The molecule has 1 N–H and O–H groups in total. The molecule has 1 fully saturated rings. The van der Waals surface area contributed by atoms with Crippen LogP contribution >= 0.6 is 11.3 Å². The van der Waals surface area contributed by atoms with Crippen LogP contribution in [0, 0.1) is 19.7 Å². The zero-order valence-electron chi connectivity index (χ0n) is 19.7. The van der Waals surface area contributed by atoms with Crippen molar-refractivity contribution in [2.24, 2.45) is 0 Å². The molecule has 5 rings (SSSR count). The van der Waals surface area contributed by atoms with Crippen LogP contribution in [0.5, 0.6) is 0 Å². The summed E-state index contributed by atoms with van der Waals surface area (Å²) >= 11 is 1.59. The van der Waals surface area contributed by atoms with Crippen molar-refractivity contribution in [2.75, 3.05) is 36.4 Å². The lowest BCUT2D eigenvalue weighted by Gasteiger charge is -2.40. The molecule has 4 heterocycles. The molecule has 1 aromatic carbocycles. The molecule has 1 atom stereocenters. The minimum atomic E-state index is -0.261. The molecule has 0 spiro atoms. The average Bonchev–Trinajstić information content (AvgIpc) is 3.51. The predicted molar refractivity (Wildman–Crippen MR) is 137 cm³/mol. The van der Waals surface area contributed by atoms with Gasteiger partial charge in [-0.05, 0) is 67.4 Å². The molecule has 4 aromatic rings. The third kappa shape index (κ3) is 4.85. The van der Waals surface area contributed by atoms with Crippen molar-refractivity contribution in [3.05, 3.63) is 100 Å². The predicted octanol–water partition coefficient (Wildman–Crippen LogP) is 5.66. The van der Waals surface area contributed by atoms with Gasteiger partial charge in [-0.3, -0.25) is 14.7 Å². The van der Waals surface area contributed by atoms with Crippen molar-refractivity contribution in [3.63, 3.8) is 0 Å². The van der Waals surface area contributed by atoms with Crippen LogP contribution in [0.1, 0.15) is 38.2 Å². The number of furan rings is 1. The molecule has 1 saturated heterocycles. The third-order valence-electron chi connectivity index (χ3n) is 6.55. The Morgan fingerprint density at radius 3 is 2.51 bits per heavy atom.